The van der Waals surface area contributed by atoms with Crippen molar-refractivity contribution < 1.29 is 9.53 Å². The van der Waals surface area contributed by atoms with Gasteiger partial charge in [0.15, 0.2) is 0 Å². The van der Waals surface area contributed by atoms with Crippen molar-refractivity contribution in [2.75, 3.05) is 6.61 Å². The van der Waals surface area contributed by atoms with E-state index in [1.807, 2.05) is 19.1 Å². The number of amides is 1. The standard InChI is InChI=1S/C7H13NO2/c1-2-3-4-5-6-10-7(8)9/h3-4H,2,5-6H2,1H3,(H2,8,9)/b4-3-. The minimum atomic E-state index is -0.704. The largest absolute Gasteiger partial charge is 0.449 e. The number of hydrogen-bond donors (Lipinski definition) is 1. The van der Waals surface area contributed by atoms with Crippen molar-refractivity contribution in [2.24, 2.45) is 5.73 Å². The molecule has 0 atom stereocenters. The summed E-state index contributed by atoms with van der Waals surface area (Å²) in [6.45, 7) is 2.43. The van der Waals surface area contributed by atoms with Crippen molar-refractivity contribution in [1.29, 1.82) is 0 Å². The molecule has 2 N–H and O–H groups in total. The summed E-state index contributed by atoms with van der Waals surface area (Å²) in [6, 6.07) is 0. The second-order valence-electron chi connectivity index (χ2n) is 1.84. The van der Waals surface area contributed by atoms with Crippen LogP contribution in [0.2, 0.25) is 0 Å². The zero-order valence-corrected chi connectivity index (χ0v) is 6.17. The topological polar surface area (TPSA) is 52.3 Å². The van der Waals surface area contributed by atoms with Crippen LogP contribution >= 0.6 is 0 Å². The SMILES string of the molecule is CC/C=C\CCOC(N)=O. The molecular formula is C7H13NO2. The van der Waals surface area contributed by atoms with Crippen LogP contribution in [0.4, 0.5) is 4.79 Å². The highest BCUT2D eigenvalue weighted by Gasteiger charge is 1.88. The van der Waals surface area contributed by atoms with Crippen LogP contribution in [0, 0.1) is 0 Å². The Hall–Kier alpha value is -0.990. The third kappa shape index (κ3) is 7.01. The van der Waals surface area contributed by atoms with Gasteiger partial charge in [0.05, 0.1) is 6.61 Å². The molecule has 0 radical (unpaired) electrons. The van der Waals surface area contributed by atoms with E-state index < -0.39 is 6.09 Å². The Morgan fingerprint density at radius 2 is 2.30 bits per heavy atom. The molecule has 0 saturated carbocycles. The summed E-state index contributed by atoms with van der Waals surface area (Å²) in [5.74, 6) is 0. The lowest BCUT2D eigenvalue weighted by atomic mass is 10.3. The zero-order valence-electron chi connectivity index (χ0n) is 6.17. The Morgan fingerprint density at radius 3 is 2.80 bits per heavy atom. The number of primary amides is 1. The van der Waals surface area contributed by atoms with Gasteiger partial charge in [-0.1, -0.05) is 19.1 Å². The van der Waals surface area contributed by atoms with Gasteiger partial charge in [0.1, 0.15) is 0 Å². The molecule has 0 unspecified atom stereocenters. The van der Waals surface area contributed by atoms with Gasteiger partial charge in [-0.2, -0.15) is 0 Å². The zero-order chi connectivity index (χ0) is 7.82. The summed E-state index contributed by atoms with van der Waals surface area (Å²) in [6.07, 6.45) is 5.03. The molecule has 0 heterocycles. The molecule has 0 spiro atoms. The van der Waals surface area contributed by atoms with Crippen LogP contribution in [0.1, 0.15) is 19.8 Å². The fourth-order valence-corrected chi connectivity index (χ4v) is 0.512. The van der Waals surface area contributed by atoms with Gasteiger partial charge < -0.3 is 10.5 Å². The highest BCUT2D eigenvalue weighted by Crippen LogP contribution is 1.86. The summed E-state index contributed by atoms with van der Waals surface area (Å²) in [5, 5.41) is 0. The maximum Gasteiger partial charge on any atom is 0.404 e. The first-order valence-corrected chi connectivity index (χ1v) is 3.34. The number of carbonyl (C=O) groups is 1. The first-order chi connectivity index (χ1) is 4.77. The number of carbonyl (C=O) groups excluding carboxylic acids is 1. The molecule has 10 heavy (non-hydrogen) atoms. The molecule has 1 amide bonds. The van der Waals surface area contributed by atoms with E-state index >= 15 is 0 Å². The first-order valence-electron chi connectivity index (χ1n) is 3.34. The average molecular weight is 143 g/mol. The van der Waals surface area contributed by atoms with E-state index in [1.165, 1.54) is 0 Å². The van der Waals surface area contributed by atoms with Crippen molar-refractivity contribution in [1.82, 2.24) is 0 Å². The van der Waals surface area contributed by atoms with E-state index in [0.717, 1.165) is 12.8 Å². The van der Waals surface area contributed by atoms with Crippen molar-refractivity contribution in [3.05, 3.63) is 12.2 Å². The van der Waals surface area contributed by atoms with Crippen LogP contribution in [0.5, 0.6) is 0 Å². The molecule has 0 bridgehead atoms. The lowest BCUT2D eigenvalue weighted by molar-refractivity contribution is 0.159. The Morgan fingerprint density at radius 1 is 1.60 bits per heavy atom. The smallest absolute Gasteiger partial charge is 0.404 e. The quantitative estimate of drug-likeness (QED) is 0.478. The van der Waals surface area contributed by atoms with Crippen molar-refractivity contribution >= 4 is 6.09 Å². The second kappa shape index (κ2) is 6.13. The highest BCUT2D eigenvalue weighted by molar-refractivity contribution is 5.64. The monoisotopic (exact) mass is 143 g/mol. The number of ether oxygens (including phenoxy) is 1. The maximum atomic E-state index is 10.0. The van der Waals surface area contributed by atoms with E-state index in [1.54, 1.807) is 0 Å². The Labute approximate surface area is 60.9 Å². The summed E-state index contributed by atoms with van der Waals surface area (Å²) in [4.78, 5) is 10.0. The molecule has 3 heteroatoms. The number of nitrogens with two attached hydrogens (primary N) is 1. The highest BCUT2D eigenvalue weighted by atomic mass is 16.5. The summed E-state index contributed by atoms with van der Waals surface area (Å²) in [5.41, 5.74) is 4.72. The van der Waals surface area contributed by atoms with Crippen LogP contribution in [0.15, 0.2) is 12.2 Å². The maximum absolute atomic E-state index is 10.0. The average Bonchev–Trinajstić information content (AvgIpc) is 1.87. The molecule has 0 aliphatic heterocycles. The number of rotatable bonds is 4. The molecule has 58 valence electrons. The summed E-state index contributed by atoms with van der Waals surface area (Å²) < 4.78 is 4.48. The molecule has 0 saturated heterocycles. The summed E-state index contributed by atoms with van der Waals surface area (Å²) in [7, 11) is 0. The van der Waals surface area contributed by atoms with Crippen LogP contribution in [-0.2, 0) is 4.74 Å². The molecule has 0 rings (SSSR count). The molecule has 0 aliphatic carbocycles. The Kier molecular flexibility index (Phi) is 5.53. The van der Waals surface area contributed by atoms with Gasteiger partial charge in [0.2, 0.25) is 0 Å². The van der Waals surface area contributed by atoms with E-state index in [2.05, 4.69) is 4.74 Å². The first kappa shape index (κ1) is 9.01. The molecule has 0 aromatic rings. The Bertz CT molecular complexity index is 121. The third-order valence-electron chi connectivity index (χ3n) is 0.931. The van der Waals surface area contributed by atoms with Crippen LogP contribution in [0.25, 0.3) is 0 Å². The normalized spacial score (nSPS) is 10.1. The van der Waals surface area contributed by atoms with E-state index in [0.29, 0.717) is 6.61 Å². The third-order valence-corrected chi connectivity index (χ3v) is 0.931. The van der Waals surface area contributed by atoms with Gasteiger partial charge in [0.25, 0.3) is 0 Å². The fraction of sp³-hybridized carbons (Fsp3) is 0.571. The molecule has 0 aromatic heterocycles. The van der Waals surface area contributed by atoms with Crippen molar-refractivity contribution in [2.45, 2.75) is 19.8 Å². The van der Waals surface area contributed by atoms with Gasteiger partial charge in [-0.3, -0.25) is 0 Å². The second-order valence-corrected chi connectivity index (χ2v) is 1.84. The predicted octanol–water partition coefficient (Wildman–Crippen LogP) is 1.44. The molecule has 0 aliphatic rings. The Balaban J connectivity index is 3.05. The van der Waals surface area contributed by atoms with Gasteiger partial charge in [0, 0.05) is 0 Å². The van der Waals surface area contributed by atoms with E-state index in [9.17, 15) is 4.79 Å². The van der Waals surface area contributed by atoms with Crippen molar-refractivity contribution in [3.63, 3.8) is 0 Å². The van der Waals surface area contributed by atoms with Crippen LogP contribution < -0.4 is 5.73 Å². The van der Waals surface area contributed by atoms with Gasteiger partial charge in [-0.05, 0) is 12.8 Å². The predicted molar refractivity (Wildman–Crippen MR) is 39.6 cm³/mol. The van der Waals surface area contributed by atoms with Gasteiger partial charge in [-0.25, -0.2) is 4.79 Å². The van der Waals surface area contributed by atoms with E-state index in [-0.39, 0.29) is 0 Å². The van der Waals surface area contributed by atoms with Crippen molar-refractivity contribution in [3.8, 4) is 0 Å². The summed E-state index contributed by atoms with van der Waals surface area (Å²) >= 11 is 0. The molecule has 3 nitrogen and oxygen atoms in total. The fourth-order valence-electron chi connectivity index (χ4n) is 0.512. The van der Waals surface area contributed by atoms with Crippen LogP contribution in [-0.4, -0.2) is 12.7 Å². The molecular weight excluding hydrogens is 130 g/mol. The van der Waals surface area contributed by atoms with Crippen LogP contribution in [0.3, 0.4) is 0 Å². The minimum absolute atomic E-state index is 0.381. The number of hydrogen-bond acceptors (Lipinski definition) is 2. The lowest BCUT2D eigenvalue weighted by Crippen LogP contribution is -2.13. The molecule has 0 aromatic carbocycles. The molecule has 0 fully saturated rings. The van der Waals surface area contributed by atoms with E-state index in [4.69, 9.17) is 5.73 Å². The van der Waals surface area contributed by atoms with Gasteiger partial charge >= 0.3 is 6.09 Å². The number of allylic oxidation sites excluding steroid dienone is 1. The minimum Gasteiger partial charge on any atom is -0.449 e. The lowest BCUT2D eigenvalue weighted by Gasteiger charge is -1.95. The van der Waals surface area contributed by atoms with Gasteiger partial charge in [-0.15, -0.1) is 0 Å².